The Balaban J connectivity index is 1.82. The first-order chi connectivity index (χ1) is 11.1. The summed E-state index contributed by atoms with van der Waals surface area (Å²) in [6, 6.07) is 10.3. The molecule has 0 saturated heterocycles. The molecule has 2 rings (SSSR count). The van der Waals surface area contributed by atoms with Crippen molar-refractivity contribution >= 4 is 28.2 Å². The van der Waals surface area contributed by atoms with Crippen LogP contribution in [0.15, 0.2) is 36.4 Å². The Kier molecular flexibility index (Phi) is 5.99. The van der Waals surface area contributed by atoms with Gasteiger partial charge in [-0.3, -0.25) is 4.79 Å². The molecule has 7 heteroatoms. The predicted octanol–water partition coefficient (Wildman–Crippen LogP) is 2.95. The quantitative estimate of drug-likeness (QED) is 0.788. The van der Waals surface area contributed by atoms with Crippen LogP contribution in [0.2, 0.25) is 0 Å². The van der Waals surface area contributed by atoms with Crippen molar-refractivity contribution in [2.45, 2.75) is 6.92 Å². The average Bonchev–Trinajstić information content (AvgIpc) is 3.02. The van der Waals surface area contributed by atoms with Gasteiger partial charge in [0, 0.05) is 0 Å². The Bertz CT molecular complexity index is 665. The predicted molar refractivity (Wildman–Crippen MR) is 87.4 cm³/mol. The maximum Gasteiger partial charge on any atom is 0.348 e. The summed E-state index contributed by atoms with van der Waals surface area (Å²) in [5.74, 6) is 0.585. The van der Waals surface area contributed by atoms with E-state index in [0.29, 0.717) is 22.2 Å². The zero-order valence-corrected chi connectivity index (χ0v) is 13.6. The van der Waals surface area contributed by atoms with Crippen molar-refractivity contribution in [2.75, 3.05) is 25.6 Å². The highest BCUT2D eigenvalue weighted by Crippen LogP contribution is 2.22. The van der Waals surface area contributed by atoms with Gasteiger partial charge in [-0.2, -0.15) is 0 Å². The summed E-state index contributed by atoms with van der Waals surface area (Å²) in [7, 11) is 1.31. The number of hydrogen-bond donors (Lipinski definition) is 1. The van der Waals surface area contributed by atoms with Crippen LogP contribution in [0.4, 0.5) is 5.00 Å². The fourth-order valence-corrected chi connectivity index (χ4v) is 2.58. The summed E-state index contributed by atoms with van der Waals surface area (Å²) in [5, 5.41) is 3.23. The lowest BCUT2D eigenvalue weighted by Gasteiger charge is -2.07. The summed E-state index contributed by atoms with van der Waals surface area (Å²) in [6.07, 6.45) is 0. The van der Waals surface area contributed by atoms with E-state index in [1.807, 2.05) is 6.92 Å². The zero-order chi connectivity index (χ0) is 16.7. The van der Waals surface area contributed by atoms with E-state index in [1.165, 1.54) is 7.11 Å². The van der Waals surface area contributed by atoms with Crippen LogP contribution in [0.25, 0.3) is 0 Å². The average molecular weight is 335 g/mol. The zero-order valence-electron chi connectivity index (χ0n) is 12.8. The van der Waals surface area contributed by atoms with E-state index in [0.717, 1.165) is 17.1 Å². The van der Waals surface area contributed by atoms with Crippen molar-refractivity contribution in [1.82, 2.24) is 0 Å². The first-order valence-corrected chi connectivity index (χ1v) is 7.77. The van der Waals surface area contributed by atoms with Gasteiger partial charge in [0.2, 0.25) is 0 Å². The standard InChI is InChI=1S/C16H17NO5S/c1-3-21-11-4-6-12(7-5-11)22-10-14(18)17-15-9-8-13(23-15)16(19)20-2/h4-9H,3,10H2,1-2H3,(H,17,18). The number of amides is 1. The molecule has 6 nitrogen and oxygen atoms in total. The van der Waals surface area contributed by atoms with Gasteiger partial charge in [0.15, 0.2) is 6.61 Å². The smallest absolute Gasteiger partial charge is 0.348 e. The lowest BCUT2D eigenvalue weighted by atomic mass is 10.3. The van der Waals surface area contributed by atoms with Gasteiger partial charge >= 0.3 is 5.97 Å². The molecule has 1 heterocycles. The van der Waals surface area contributed by atoms with Gasteiger partial charge in [0.25, 0.3) is 5.91 Å². The molecule has 0 spiro atoms. The number of anilines is 1. The third-order valence-electron chi connectivity index (χ3n) is 2.76. The van der Waals surface area contributed by atoms with Crippen LogP contribution in [0.5, 0.6) is 11.5 Å². The Morgan fingerprint density at radius 2 is 1.70 bits per heavy atom. The number of hydrogen-bond acceptors (Lipinski definition) is 6. The molecule has 1 amide bonds. The maximum absolute atomic E-state index is 11.8. The van der Waals surface area contributed by atoms with Crippen LogP contribution < -0.4 is 14.8 Å². The van der Waals surface area contributed by atoms with Gasteiger partial charge in [-0.05, 0) is 43.3 Å². The van der Waals surface area contributed by atoms with E-state index in [2.05, 4.69) is 10.1 Å². The molecule has 0 aliphatic heterocycles. The number of ether oxygens (including phenoxy) is 3. The van der Waals surface area contributed by atoms with E-state index < -0.39 is 5.97 Å². The molecule has 23 heavy (non-hydrogen) atoms. The van der Waals surface area contributed by atoms with Crippen molar-refractivity contribution < 1.29 is 23.8 Å². The number of esters is 1. The normalized spacial score (nSPS) is 10.0. The first-order valence-electron chi connectivity index (χ1n) is 6.96. The molecule has 122 valence electrons. The van der Waals surface area contributed by atoms with Crippen molar-refractivity contribution in [2.24, 2.45) is 0 Å². The number of methoxy groups -OCH3 is 1. The summed E-state index contributed by atoms with van der Waals surface area (Å²) in [4.78, 5) is 23.6. The molecule has 0 atom stereocenters. The van der Waals surface area contributed by atoms with Crippen LogP contribution in [-0.2, 0) is 9.53 Å². The second-order valence-corrected chi connectivity index (χ2v) is 5.48. The number of nitrogens with one attached hydrogen (secondary N) is 1. The molecule has 0 radical (unpaired) electrons. The molecule has 0 bridgehead atoms. The van der Waals surface area contributed by atoms with Gasteiger partial charge in [-0.15, -0.1) is 11.3 Å². The second kappa shape index (κ2) is 8.19. The van der Waals surface area contributed by atoms with Gasteiger partial charge in [0.1, 0.15) is 16.4 Å². The molecule has 1 N–H and O–H groups in total. The van der Waals surface area contributed by atoms with Gasteiger partial charge < -0.3 is 19.5 Å². The number of carbonyl (C=O) groups is 2. The highest BCUT2D eigenvalue weighted by atomic mass is 32.1. The number of rotatable bonds is 7. The van der Waals surface area contributed by atoms with Gasteiger partial charge in [-0.1, -0.05) is 0 Å². The SMILES string of the molecule is CCOc1ccc(OCC(=O)Nc2ccc(C(=O)OC)s2)cc1. The number of benzene rings is 1. The highest BCUT2D eigenvalue weighted by Gasteiger charge is 2.11. The van der Waals surface area contributed by atoms with Gasteiger partial charge in [-0.25, -0.2) is 4.79 Å². The fourth-order valence-electron chi connectivity index (χ4n) is 1.74. The minimum absolute atomic E-state index is 0.126. The third kappa shape index (κ3) is 5.00. The molecule has 2 aromatic rings. The molecule has 0 unspecified atom stereocenters. The largest absolute Gasteiger partial charge is 0.494 e. The van der Waals surface area contributed by atoms with E-state index >= 15 is 0 Å². The summed E-state index contributed by atoms with van der Waals surface area (Å²) >= 11 is 1.14. The van der Waals surface area contributed by atoms with Crippen molar-refractivity contribution in [3.63, 3.8) is 0 Å². The minimum atomic E-state index is -0.430. The van der Waals surface area contributed by atoms with E-state index in [-0.39, 0.29) is 12.5 Å². The molecule has 1 aromatic heterocycles. The first kappa shape index (κ1) is 16.8. The molecule has 1 aromatic carbocycles. The van der Waals surface area contributed by atoms with Crippen LogP contribution >= 0.6 is 11.3 Å². The van der Waals surface area contributed by atoms with E-state index in [4.69, 9.17) is 9.47 Å². The number of carbonyl (C=O) groups excluding carboxylic acids is 2. The summed E-state index contributed by atoms with van der Waals surface area (Å²) in [6.45, 7) is 2.38. The molecule has 0 fully saturated rings. The molecule has 0 aliphatic carbocycles. The molecule has 0 aliphatic rings. The Morgan fingerprint density at radius 1 is 1.04 bits per heavy atom. The van der Waals surface area contributed by atoms with Crippen molar-refractivity contribution in [3.05, 3.63) is 41.3 Å². The Hall–Kier alpha value is -2.54. The van der Waals surface area contributed by atoms with E-state index in [9.17, 15) is 9.59 Å². The fraction of sp³-hybridized carbons (Fsp3) is 0.250. The van der Waals surface area contributed by atoms with Crippen LogP contribution in [0, 0.1) is 0 Å². The lowest BCUT2D eigenvalue weighted by molar-refractivity contribution is -0.118. The topological polar surface area (TPSA) is 73.9 Å². The lowest BCUT2D eigenvalue weighted by Crippen LogP contribution is -2.19. The van der Waals surface area contributed by atoms with Crippen molar-refractivity contribution in [1.29, 1.82) is 0 Å². The number of thiophene rings is 1. The molecule has 0 saturated carbocycles. The monoisotopic (exact) mass is 335 g/mol. The summed E-state index contributed by atoms with van der Waals surface area (Å²) in [5.41, 5.74) is 0. The second-order valence-electron chi connectivity index (χ2n) is 4.40. The van der Waals surface area contributed by atoms with Crippen LogP contribution in [0.1, 0.15) is 16.6 Å². The minimum Gasteiger partial charge on any atom is -0.494 e. The van der Waals surface area contributed by atoms with Gasteiger partial charge in [0.05, 0.1) is 18.7 Å². The Morgan fingerprint density at radius 3 is 2.30 bits per heavy atom. The van der Waals surface area contributed by atoms with Crippen LogP contribution in [-0.4, -0.2) is 32.2 Å². The van der Waals surface area contributed by atoms with Crippen LogP contribution in [0.3, 0.4) is 0 Å². The molecular formula is C16H17NO5S. The highest BCUT2D eigenvalue weighted by molar-refractivity contribution is 7.18. The molecular weight excluding hydrogens is 318 g/mol. The van der Waals surface area contributed by atoms with Crippen molar-refractivity contribution in [3.8, 4) is 11.5 Å². The Labute approximate surface area is 138 Å². The summed E-state index contributed by atoms with van der Waals surface area (Å²) < 4.78 is 15.3. The third-order valence-corrected chi connectivity index (χ3v) is 3.74. The maximum atomic E-state index is 11.8. The van der Waals surface area contributed by atoms with E-state index in [1.54, 1.807) is 36.4 Å².